The molecule has 5 heteroatoms. The van der Waals surface area contributed by atoms with Gasteiger partial charge >= 0.3 is 5.97 Å². The minimum atomic E-state index is -0.782. The van der Waals surface area contributed by atoms with Crippen LogP contribution >= 0.6 is 0 Å². The Balaban J connectivity index is 2.33. The predicted octanol–water partition coefficient (Wildman–Crippen LogP) is 3.09. The van der Waals surface area contributed by atoms with Crippen LogP contribution in [-0.2, 0) is 9.53 Å². The Hall–Kier alpha value is -2.17. The van der Waals surface area contributed by atoms with E-state index in [1.807, 2.05) is 37.3 Å². The van der Waals surface area contributed by atoms with Crippen molar-refractivity contribution in [2.45, 2.75) is 38.6 Å². The Kier molecular flexibility index (Phi) is 4.73. The maximum Gasteiger partial charge on any atom is 0.334 e. The first-order valence-electron chi connectivity index (χ1n) is 7.08. The maximum atomic E-state index is 11.9. The lowest BCUT2D eigenvalue weighted by atomic mass is 9.77. The van der Waals surface area contributed by atoms with Gasteiger partial charge in [0.15, 0.2) is 0 Å². The molecule has 0 bridgehead atoms. The van der Waals surface area contributed by atoms with Crippen LogP contribution in [0.2, 0.25) is 0 Å². The Morgan fingerprint density at radius 1 is 1.33 bits per heavy atom. The number of ether oxygens (including phenoxy) is 1. The van der Waals surface area contributed by atoms with Gasteiger partial charge in [-0.1, -0.05) is 35.9 Å². The number of rotatable bonds is 4. The van der Waals surface area contributed by atoms with Crippen molar-refractivity contribution < 1.29 is 14.5 Å². The summed E-state index contributed by atoms with van der Waals surface area (Å²) in [6.45, 7) is 3.87. The first kappa shape index (κ1) is 15.2. The molecule has 1 aliphatic rings. The maximum absolute atomic E-state index is 11.9. The first-order chi connectivity index (χ1) is 10.0. The van der Waals surface area contributed by atoms with Gasteiger partial charge in [0.2, 0.25) is 6.04 Å². The Bertz CT molecular complexity index is 565. The van der Waals surface area contributed by atoms with Crippen molar-refractivity contribution in [3.63, 3.8) is 0 Å². The highest BCUT2D eigenvalue weighted by molar-refractivity contribution is 5.89. The molecule has 0 aliphatic heterocycles. The summed E-state index contributed by atoms with van der Waals surface area (Å²) in [5.74, 6) is -0.618. The molecular formula is C16H19NO4. The molecule has 2 unspecified atom stereocenters. The molecule has 1 aliphatic carbocycles. The van der Waals surface area contributed by atoms with Gasteiger partial charge in [0.25, 0.3) is 0 Å². The number of esters is 1. The van der Waals surface area contributed by atoms with Crippen molar-refractivity contribution in [2.75, 3.05) is 6.61 Å². The van der Waals surface area contributed by atoms with E-state index in [4.69, 9.17) is 4.74 Å². The smallest absolute Gasteiger partial charge is 0.334 e. The number of nitro groups is 1. The summed E-state index contributed by atoms with van der Waals surface area (Å²) in [7, 11) is 0. The molecule has 0 fully saturated rings. The molecule has 112 valence electrons. The standard InChI is InChI=1S/C16H19NO4/c1-3-21-16(18)13-10-15(17(19)20)14(9-11(13)2)12-7-5-4-6-8-12/h4-8,14-15H,3,9-10H2,1-2H3. The van der Waals surface area contributed by atoms with Gasteiger partial charge in [-0.2, -0.15) is 0 Å². The molecule has 0 radical (unpaired) electrons. The van der Waals surface area contributed by atoms with Crippen LogP contribution in [0.25, 0.3) is 0 Å². The summed E-state index contributed by atoms with van der Waals surface area (Å²) in [4.78, 5) is 23.0. The van der Waals surface area contributed by atoms with E-state index >= 15 is 0 Å². The van der Waals surface area contributed by atoms with E-state index in [0.717, 1.165) is 11.1 Å². The topological polar surface area (TPSA) is 69.4 Å². The quantitative estimate of drug-likeness (QED) is 0.485. The van der Waals surface area contributed by atoms with Crippen molar-refractivity contribution >= 4 is 5.97 Å². The molecule has 0 saturated carbocycles. The molecule has 2 atom stereocenters. The molecule has 0 aromatic heterocycles. The normalized spacial score (nSPS) is 22.0. The fourth-order valence-corrected chi connectivity index (χ4v) is 2.85. The van der Waals surface area contributed by atoms with Crippen LogP contribution in [0.1, 0.15) is 38.2 Å². The van der Waals surface area contributed by atoms with E-state index in [1.54, 1.807) is 6.92 Å². The lowest BCUT2D eigenvalue weighted by Gasteiger charge is -2.28. The van der Waals surface area contributed by atoms with Gasteiger partial charge in [-0.3, -0.25) is 10.1 Å². The molecule has 2 rings (SSSR count). The molecule has 0 heterocycles. The second kappa shape index (κ2) is 6.52. The summed E-state index contributed by atoms with van der Waals surface area (Å²) in [5, 5.41) is 11.4. The third kappa shape index (κ3) is 3.29. The van der Waals surface area contributed by atoms with Gasteiger partial charge in [0.05, 0.1) is 12.5 Å². The highest BCUT2D eigenvalue weighted by atomic mass is 16.6. The zero-order chi connectivity index (χ0) is 15.4. The van der Waals surface area contributed by atoms with Crippen LogP contribution in [0, 0.1) is 10.1 Å². The Labute approximate surface area is 123 Å². The SMILES string of the molecule is CCOC(=O)C1=C(C)CC(c2ccccc2)C([N+](=O)[O-])C1. The van der Waals surface area contributed by atoms with Crippen LogP contribution in [0.3, 0.4) is 0 Å². The van der Waals surface area contributed by atoms with E-state index in [2.05, 4.69) is 0 Å². The average Bonchev–Trinajstić information content (AvgIpc) is 2.47. The van der Waals surface area contributed by atoms with Crippen LogP contribution < -0.4 is 0 Å². The number of hydrogen-bond acceptors (Lipinski definition) is 4. The van der Waals surface area contributed by atoms with Gasteiger partial charge in [0, 0.05) is 16.9 Å². The summed E-state index contributed by atoms with van der Waals surface area (Å²) in [6.07, 6.45) is 0.654. The van der Waals surface area contributed by atoms with Gasteiger partial charge < -0.3 is 4.74 Å². The van der Waals surface area contributed by atoms with Crippen molar-refractivity contribution in [1.82, 2.24) is 0 Å². The van der Waals surface area contributed by atoms with Crippen molar-refractivity contribution in [3.05, 3.63) is 57.2 Å². The van der Waals surface area contributed by atoms with E-state index in [-0.39, 0.29) is 23.9 Å². The first-order valence-corrected chi connectivity index (χ1v) is 7.08. The predicted molar refractivity (Wildman–Crippen MR) is 78.5 cm³/mol. The lowest BCUT2D eigenvalue weighted by molar-refractivity contribution is -0.527. The Morgan fingerprint density at radius 3 is 2.57 bits per heavy atom. The molecule has 5 nitrogen and oxygen atoms in total. The monoisotopic (exact) mass is 289 g/mol. The number of allylic oxidation sites excluding steroid dienone is 1. The fraction of sp³-hybridized carbons (Fsp3) is 0.438. The second-order valence-corrected chi connectivity index (χ2v) is 5.26. The summed E-state index contributed by atoms with van der Waals surface area (Å²) < 4.78 is 5.00. The molecule has 0 saturated heterocycles. The second-order valence-electron chi connectivity index (χ2n) is 5.26. The van der Waals surface area contributed by atoms with Crippen LogP contribution in [-0.4, -0.2) is 23.5 Å². The van der Waals surface area contributed by atoms with Crippen molar-refractivity contribution in [2.24, 2.45) is 0 Å². The largest absolute Gasteiger partial charge is 0.463 e. The van der Waals surface area contributed by atoms with Crippen LogP contribution in [0.15, 0.2) is 41.5 Å². The highest BCUT2D eigenvalue weighted by Crippen LogP contribution is 2.38. The van der Waals surface area contributed by atoms with E-state index in [1.165, 1.54) is 0 Å². The third-order valence-corrected chi connectivity index (χ3v) is 3.94. The van der Waals surface area contributed by atoms with E-state index in [9.17, 15) is 14.9 Å². The molecule has 1 aromatic carbocycles. The number of nitrogens with zero attached hydrogens (tertiary/aromatic N) is 1. The number of carbonyl (C=O) groups excluding carboxylic acids is 1. The minimum absolute atomic E-state index is 0.136. The van der Waals surface area contributed by atoms with Gasteiger partial charge in [0.1, 0.15) is 0 Å². The third-order valence-electron chi connectivity index (χ3n) is 3.94. The number of hydrogen-bond donors (Lipinski definition) is 0. The zero-order valence-corrected chi connectivity index (χ0v) is 12.2. The zero-order valence-electron chi connectivity index (χ0n) is 12.2. The van der Waals surface area contributed by atoms with Gasteiger partial charge in [-0.15, -0.1) is 0 Å². The molecule has 0 N–H and O–H groups in total. The molecular weight excluding hydrogens is 270 g/mol. The molecule has 0 amide bonds. The number of benzene rings is 1. The lowest BCUT2D eigenvalue weighted by Crippen LogP contribution is -2.33. The van der Waals surface area contributed by atoms with E-state index < -0.39 is 12.0 Å². The summed E-state index contributed by atoms with van der Waals surface area (Å²) in [5.41, 5.74) is 2.30. The summed E-state index contributed by atoms with van der Waals surface area (Å²) >= 11 is 0. The summed E-state index contributed by atoms with van der Waals surface area (Å²) in [6, 6.07) is 8.68. The highest BCUT2D eigenvalue weighted by Gasteiger charge is 2.39. The fourth-order valence-electron chi connectivity index (χ4n) is 2.85. The number of carbonyl (C=O) groups is 1. The average molecular weight is 289 g/mol. The van der Waals surface area contributed by atoms with Gasteiger partial charge in [-0.25, -0.2) is 4.79 Å². The van der Waals surface area contributed by atoms with Gasteiger partial charge in [-0.05, 0) is 25.8 Å². The Morgan fingerprint density at radius 2 is 2.00 bits per heavy atom. The van der Waals surface area contributed by atoms with Crippen molar-refractivity contribution in [1.29, 1.82) is 0 Å². The molecule has 1 aromatic rings. The molecule has 0 spiro atoms. The molecule has 21 heavy (non-hydrogen) atoms. The van der Waals surface area contributed by atoms with Crippen molar-refractivity contribution in [3.8, 4) is 0 Å². The van der Waals surface area contributed by atoms with Crippen LogP contribution in [0.5, 0.6) is 0 Å². The van der Waals surface area contributed by atoms with Crippen LogP contribution in [0.4, 0.5) is 0 Å². The minimum Gasteiger partial charge on any atom is -0.463 e. The van der Waals surface area contributed by atoms with E-state index in [0.29, 0.717) is 12.0 Å².